The minimum absolute atomic E-state index is 0.107. The Morgan fingerprint density at radius 2 is 2.10 bits per heavy atom. The van der Waals surface area contributed by atoms with Gasteiger partial charge in [0.1, 0.15) is 17.3 Å². The highest BCUT2D eigenvalue weighted by Crippen LogP contribution is 2.21. The molecule has 0 aromatic carbocycles. The predicted molar refractivity (Wildman–Crippen MR) is 77.8 cm³/mol. The summed E-state index contributed by atoms with van der Waals surface area (Å²) < 4.78 is 5.48. The zero-order valence-corrected chi connectivity index (χ0v) is 12.2. The van der Waals surface area contributed by atoms with E-state index >= 15 is 0 Å². The first kappa shape index (κ1) is 14.1. The van der Waals surface area contributed by atoms with Gasteiger partial charge in [-0.05, 0) is 39.0 Å². The third kappa shape index (κ3) is 2.99. The van der Waals surface area contributed by atoms with Crippen molar-refractivity contribution in [3.05, 3.63) is 47.0 Å². The first-order chi connectivity index (χ1) is 9.51. The number of nitrogens with one attached hydrogen (secondary N) is 2. The van der Waals surface area contributed by atoms with E-state index in [2.05, 4.69) is 15.6 Å². The van der Waals surface area contributed by atoms with E-state index in [1.54, 1.807) is 25.4 Å². The summed E-state index contributed by atoms with van der Waals surface area (Å²) in [5.41, 5.74) is 1.53. The van der Waals surface area contributed by atoms with Crippen molar-refractivity contribution in [3.63, 3.8) is 0 Å². The number of furan rings is 1. The maximum atomic E-state index is 12.1. The first-order valence-corrected chi connectivity index (χ1v) is 6.53. The highest BCUT2D eigenvalue weighted by Gasteiger charge is 2.16. The normalized spacial score (nSPS) is 12.0. The largest absolute Gasteiger partial charge is 0.466 e. The Morgan fingerprint density at radius 1 is 1.35 bits per heavy atom. The number of carbonyl (C=O) groups is 1. The number of aryl methyl sites for hydroxylation is 2. The monoisotopic (exact) mass is 273 g/mol. The van der Waals surface area contributed by atoms with Crippen LogP contribution in [-0.4, -0.2) is 17.9 Å². The summed E-state index contributed by atoms with van der Waals surface area (Å²) in [5.74, 6) is 2.26. The molecule has 0 aliphatic heterocycles. The molecule has 2 heterocycles. The van der Waals surface area contributed by atoms with Crippen molar-refractivity contribution in [2.45, 2.75) is 26.8 Å². The minimum Gasteiger partial charge on any atom is -0.466 e. The number of anilines is 1. The van der Waals surface area contributed by atoms with Crippen molar-refractivity contribution in [2.75, 3.05) is 12.4 Å². The quantitative estimate of drug-likeness (QED) is 0.899. The molecule has 5 nitrogen and oxygen atoms in total. The topological polar surface area (TPSA) is 67.2 Å². The fraction of sp³-hybridized carbons (Fsp3) is 0.333. The van der Waals surface area contributed by atoms with Gasteiger partial charge in [-0.3, -0.25) is 4.79 Å². The van der Waals surface area contributed by atoms with Gasteiger partial charge in [-0.2, -0.15) is 0 Å². The molecule has 106 valence electrons. The van der Waals surface area contributed by atoms with Gasteiger partial charge in [0.15, 0.2) is 0 Å². The third-order valence-corrected chi connectivity index (χ3v) is 3.18. The fourth-order valence-electron chi connectivity index (χ4n) is 2.11. The van der Waals surface area contributed by atoms with Crippen molar-refractivity contribution < 1.29 is 9.21 Å². The van der Waals surface area contributed by atoms with Crippen LogP contribution in [0.3, 0.4) is 0 Å². The molecule has 0 aliphatic carbocycles. The van der Waals surface area contributed by atoms with Crippen molar-refractivity contribution in [3.8, 4) is 0 Å². The molecular formula is C15H19N3O2. The molecule has 2 N–H and O–H groups in total. The maximum absolute atomic E-state index is 12.1. The van der Waals surface area contributed by atoms with Crippen LogP contribution in [0.2, 0.25) is 0 Å². The standard InChI is InChI=1S/C15H19N3O2/c1-9-7-13(11(3)20-9)10(2)18-15(19)12-5-6-14(16-4)17-8-12/h5-8,10H,1-4H3,(H,16,17)(H,18,19). The number of pyridine rings is 1. The number of carbonyl (C=O) groups excluding carboxylic acids is 1. The van der Waals surface area contributed by atoms with Gasteiger partial charge in [-0.1, -0.05) is 0 Å². The van der Waals surface area contributed by atoms with E-state index in [1.165, 1.54) is 0 Å². The Bertz CT molecular complexity index is 602. The zero-order chi connectivity index (χ0) is 14.7. The van der Waals surface area contributed by atoms with Crippen LogP contribution in [0.4, 0.5) is 5.82 Å². The lowest BCUT2D eigenvalue weighted by atomic mass is 10.1. The van der Waals surface area contributed by atoms with Crippen molar-refractivity contribution in [1.82, 2.24) is 10.3 Å². The molecule has 20 heavy (non-hydrogen) atoms. The van der Waals surface area contributed by atoms with Crippen molar-refractivity contribution in [1.29, 1.82) is 0 Å². The Morgan fingerprint density at radius 3 is 2.60 bits per heavy atom. The molecule has 0 bridgehead atoms. The SMILES string of the molecule is CNc1ccc(C(=O)NC(C)c2cc(C)oc2C)cn1. The number of hydrogen-bond donors (Lipinski definition) is 2. The molecule has 0 aliphatic rings. The average molecular weight is 273 g/mol. The van der Waals surface area contributed by atoms with Crippen LogP contribution in [0.15, 0.2) is 28.8 Å². The number of amides is 1. The van der Waals surface area contributed by atoms with Crippen LogP contribution < -0.4 is 10.6 Å². The van der Waals surface area contributed by atoms with Crippen molar-refractivity contribution in [2.24, 2.45) is 0 Å². The van der Waals surface area contributed by atoms with Gasteiger partial charge in [0.2, 0.25) is 0 Å². The molecule has 0 fully saturated rings. The number of rotatable bonds is 4. The molecular weight excluding hydrogens is 254 g/mol. The van der Waals surface area contributed by atoms with Crippen LogP contribution >= 0.6 is 0 Å². The number of nitrogens with zero attached hydrogens (tertiary/aromatic N) is 1. The van der Waals surface area contributed by atoms with Crippen LogP contribution in [0.1, 0.15) is 40.4 Å². The molecule has 0 saturated carbocycles. The summed E-state index contributed by atoms with van der Waals surface area (Å²) in [5, 5.41) is 5.86. The van der Waals surface area contributed by atoms with Crippen LogP contribution in [0.25, 0.3) is 0 Å². The first-order valence-electron chi connectivity index (χ1n) is 6.53. The lowest BCUT2D eigenvalue weighted by Crippen LogP contribution is -2.26. The van der Waals surface area contributed by atoms with Gasteiger partial charge >= 0.3 is 0 Å². The second kappa shape index (κ2) is 5.77. The Hall–Kier alpha value is -2.30. The van der Waals surface area contributed by atoms with E-state index in [-0.39, 0.29) is 11.9 Å². The molecule has 2 rings (SSSR count). The summed E-state index contributed by atoms with van der Waals surface area (Å²) >= 11 is 0. The van der Waals surface area contributed by atoms with Crippen LogP contribution in [-0.2, 0) is 0 Å². The molecule has 1 atom stereocenters. The molecule has 0 radical (unpaired) electrons. The molecule has 0 saturated heterocycles. The highest BCUT2D eigenvalue weighted by atomic mass is 16.3. The third-order valence-electron chi connectivity index (χ3n) is 3.18. The Kier molecular flexibility index (Phi) is 4.08. The van der Waals surface area contributed by atoms with Gasteiger partial charge in [-0.25, -0.2) is 4.98 Å². The van der Waals surface area contributed by atoms with Gasteiger partial charge in [0.25, 0.3) is 5.91 Å². The molecule has 2 aromatic heterocycles. The molecule has 0 spiro atoms. The summed E-state index contributed by atoms with van der Waals surface area (Å²) in [4.78, 5) is 16.3. The highest BCUT2D eigenvalue weighted by molar-refractivity contribution is 5.94. The van der Waals surface area contributed by atoms with E-state index in [0.29, 0.717) is 5.56 Å². The Balaban J connectivity index is 2.08. The summed E-state index contributed by atoms with van der Waals surface area (Å²) in [6.45, 7) is 5.73. The Labute approximate surface area is 118 Å². The second-order valence-corrected chi connectivity index (χ2v) is 4.75. The fourth-order valence-corrected chi connectivity index (χ4v) is 2.11. The van der Waals surface area contributed by atoms with Gasteiger partial charge in [0.05, 0.1) is 11.6 Å². The summed E-state index contributed by atoms with van der Waals surface area (Å²) in [6, 6.07) is 5.35. The lowest BCUT2D eigenvalue weighted by molar-refractivity contribution is 0.0939. The van der Waals surface area contributed by atoms with Crippen LogP contribution in [0.5, 0.6) is 0 Å². The molecule has 5 heteroatoms. The van der Waals surface area contributed by atoms with E-state index in [1.807, 2.05) is 26.8 Å². The van der Waals surface area contributed by atoms with Gasteiger partial charge in [0, 0.05) is 18.8 Å². The van der Waals surface area contributed by atoms with Crippen LogP contribution in [0, 0.1) is 13.8 Å². The number of aromatic nitrogens is 1. The van der Waals surface area contributed by atoms with Gasteiger partial charge < -0.3 is 15.1 Å². The minimum atomic E-state index is -0.147. The van der Waals surface area contributed by atoms with Gasteiger partial charge in [-0.15, -0.1) is 0 Å². The average Bonchev–Trinajstić information content (AvgIpc) is 2.78. The maximum Gasteiger partial charge on any atom is 0.253 e. The van der Waals surface area contributed by atoms with E-state index < -0.39 is 0 Å². The molecule has 1 amide bonds. The summed E-state index contributed by atoms with van der Waals surface area (Å²) in [6.07, 6.45) is 1.56. The number of hydrogen-bond acceptors (Lipinski definition) is 4. The predicted octanol–water partition coefficient (Wildman–Crippen LogP) is 2.82. The van der Waals surface area contributed by atoms with E-state index in [4.69, 9.17) is 4.42 Å². The second-order valence-electron chi connectivity index (χ2n) is 4.75. The lowest BCUT2D eigenvalue weighted by Gasteiger charge is -2.13. The van der Waals surface area contributed by atoms with E-state index in [9.17, 15) is 4.79 Å². The molecule has 2 aromatic rings. The molecule has 1 unspecified atom stereocenters. The summed E-state index contributed by atoms with van der Waals surface area (Å²) in [7, 11) is 1.79. The smallest absolute Gasteiger partial charge is 0.253 e. The van der Waals surface area contributed by atoms with E-state index in [0.717, 1.165) is 22.9 Å². The zero-order valence-electron chi connectivity index (χ0n) is 12.2. The van der Waals surface area contributed by atoms with Crippen molar-refractivity contribution >= 4 is 11.7 Å².